The number of piperazine rings is 1. The fourth-order valence-electron chi connectivity index (χ4n) is 2.94. The minimum absolute atomic E-state index is 0.131. The van der Waals surface area contributed by atoms with E-state index in [0.29, 0.717) is 0 Å². The minimum atomic E-state index is 0.131. The summed E-state index contributed by atoms with van der Waals surface area (Å²) < 4.78 is 0. The molecule has 0 unspecified atom stereocenters. The van der Waals surface area contributed by atoms with E-state index in [9.17, 15) is 4.79 Å². The number of amides is 1. The summed E-state index contributed by atoms with van der Waals surface area (Å²) in [7, 11) is 0. The highest BCUT2D eigenvalue weighted by Gasteiger charge is 2.22. The van der Waals surface area contributed by atoms with Gasteiger partial charge < -0.3 is 4.90 Å². The summed E-state index contributed by atoms with van der Waals surface area (Å²) >= 11 is 6.23. The Morgan fingerprint density at radius 3 is 2.48 bits per heavy atom. The van der Waals surface area contributed by atoms with Crippen molar-refractivity contribution in [3.8, 4) is 0 Å². The van der Waals surface area contributed by atoms with E-state index in [1.807, 2.05) is 54.3 Å². The highest BCUT2D eigenvalue weighted by Crippen LogP contribution is 2.18. The molecule has 0 N–H and O–H groups in total. The van der Waals surface area contributed by atoms with Crippen molar-refractivity contribution in [1.29, 1.82) is 0 Å². The van der Waals surface area contributed by atoms with E-state index in [2.05, 4.69) is 11.0 Å². The second kappa shape index (κ2) is 7.16. The average Bonchev–Trinajstić information content (AvgIpc) is 2.57. The molecule has 4 heteroatoms. The molecule has 120 valence electrons. The van der Waals surface area contributed by atoms with E-state index < -0.39 is 0 Å². The van der Waals surface area contributed by atoms with Crippen LogP contribution in [0.2, 0.25) is 5.02 Å². The zero-order chi connectivity index (χ0) is 16.2. The molecule has 23 heavy (non-hydrogen) atoms. The van der Waals surface area contributed by atoms with Crippen LogP contribution in [0.1, 0.15) is 21.5 Å². The van der Waals surface area contributed by atoms with Gasteiger partial charge in [0, 0.05) is 43.3 Å². The predicted molar refractivity (Wildman–Crippen MR) is 93.8 cm³/mol. The number of nitrogens with zero attached hydrogens (tertiary/aromatic N) is 2. The molecule has 2 aromatic rings. The van der Waals surface area contributed by atoms with Crippen LogP contribution in [0.15, 0.2) is 48.5 Å². The summed E-state index contributed by atoms with van der Waals surface area (Å²) in [6.07, 6.45) is 0. The topological polar surface area (TPSA) is 23.6 Å². The van der Waals surface area contributed by atoms with Crippen molar-refractivity contribution in [2.75, 3.05) is 26.2 Å². The van der Waals surface area contributed by atoms with Crippen LogP contribution in [0.4, 0.5) is 0 Å². The number of hydrogen-bond donors (Lipinski definition) is 0. The van der Waals surface area contributed by atoms with E-state index in [-0.39, 0.29) is 5.91 Å². The van der Waals surface area contributed by atoms with Gasteiger partial charge in [-0.15, -0.1) is 0 Å². The van der Waals surface area contributed by atoms with Crippen LogP contribution in [0, 0.1) is 6.92 Å². The fraction of sp³-hybridized carbons (Fsp3) is 0.316. The van der Waals surface area contributed by atoms with Crippen molar-refractivity contribution in [3.63, 3.8) is 0 Å². The number of halogens is 1. The monoisotopic (exact) mass is 328 g/mol. The van der Waals surface area contributed by atoms with Gasteiger partial charge in [0.05, 0.1) is 0 Å². The Bertz CT molecular complexity index is 693. The van der Waals surface area contributed by atoms with Crippen LogP contribution in [0.5, 0.6) is 0 Å². The van der Waals surface area contributed by atoms with Gasteiger partial charge in [-0.1, -0.05) is 47.5 Å². The van der Waals surface area contributed by atoms with E-state index >= 15 is 0 Å². The molecule has 0 atom stereocenters. The lowest BCUT2D eigenvalue weighted by molar-refractivity contribution is 0.0628. The molecule has 0 bridgehead atoms. The molecule has 0 aromatic heterocycles. The summed E-state index contributed by atoms with van der Waals surface area (Å²) in [6.45, 7) is 6.13. The first-order chi connectivity index (χ1) is 11.1. The van der Waals surface area contributed by atoms with Crippen LogP contribution in [0.25, 0.3) is 0 Å². The van der Waals surface area contributed by atoms with Gasteiger partial charge >= 0.3 is 0 Å². The second-order valence-electron chi connectivity index (χ2n) is 6.03. The SMILES string of the molecule is Cc1cccc(C(=O)N2CCN(Cc3ccccc3Cl)CC2)c1. The third-order valence-electron chi connectivity index (χ3n) is 4.28. The van der Waals surface area contributed by atoms with Crippen LogP contribution < -0.4 is 0 Å². The van der Waals surface area contributed by atoms with Gasteiger partial charge in [0.2, 0.25) is 0 Å². The first kappa shape index (κ1) is 16.0. The Morgan fingerprint density at radius 2 is 1.78 bits per heavy atom. The number of hydrogen-bond acceptors (Lipinski definition) is 2. The van der Waals surface area contributed by atoms with Crippen molar-refractivity contribution in [2.24, 2.45) is 0 Å². The highest BCUT2D eigenvalue weighted by atomic mass is 35.5. The Hall–Kier alpha value is -1.84. The van der Waals surface area contributed by atoms with Gasteiger partial charge in [0.15, 0.2) is 0 Å². The number of carbonyl (C=O) groups excluding carboxylic acids is 1. The van der Waals surface area contributed by atoms with Gasteiger partial charge in [-0.3, -0.25) is 9.69 Å². The largest absolute Gasteiger partial charge is 0.336 e. The van der Waals surface area contributed by atoms with Gasteiger partial charge in [0.25, 0.3) is 5.91 Å². The highest BCUT2D eigenvalue weighted by molar-refractivity contribution is 6.31. The molecule has 1 heterocycles. The smallest absolute Gasteiger partial charge is 0.253 e. The molecular weight excluding hydrogens is 308 g/mol. The van der Waals surface area contributed by atoms with Gasteiger partial charge in [0.1, 0.15) is 0 Å². The van der Waals surface area contributed by atoms with Crippen LogP contribution in [0.3, 0.4) is 0 Å². The number of rotatable bonds is 3. The van der Waals surface area contributed by atoms with E-state index in [1.165, 1.54) is 0 Å². The number of aryl methyl sites for hydroxylation is 1. The van der Waals surface area contributed by atoms with Gasteiger partial charge in [-0.05, 0) is 30.7 Å². The van der Waals surface area contributed by atoms with Crippen molar-refractivity contribution in [1.82, 2.24) is 9.80 Å². The maximum atomic E-state index is 12.6. The molecule has 3 nitrogen and oxygen atoms in total. The maximum absolute atomic E-state index is 12.6. The molecule has 0 radical (unpaired) electrons. The Morgan fingerprint density at radius 1 is 1.04 bits per heavy atom. The molecule has 3 rings (SSSR count). The van der Waals surface area contributed by atoms with Crippen molar-refractivity contribution >= 4 is 17.5 Å². The molecule has 1 amide bonds. The lowest BCUT2D eigenvalue weighted by Crippen LogP contribution is -2.48. The van der Waals surface area contributed by atoms with E-state index in [0.717, 1.165) is 54.4 Å². The van der Waals surface area contributed by atoms with Crippen molar-refractivity contribution < 1.29 is 4.79 Å². The Balaban J connectivity index is 1.58. The average molecular weight is 329 g/mol. The summed E-state index contributed by atoms with van der Waals surface area (Å²) in [4.78, 5) is 16.8. The first-order valence-electron chi connectivity index (χ1n) is 7.95. The lowest BCUT2D eigenvalue weighted by atomic mass is 10.1. The third-order valence-corrected chi connectivity index (χ3v) is 4.65. The Kier molecular flexibility index (Phi) is 4.99. The zero-order valence-corrected chi connectivity index (χ0v) is 14.1. The van der Waals surface area contributed by atoms with Crippen molar-refractivity contribution in [3.05, 3.63) is 70.2 Å². The molecule has 0 spiro atoms. The molecule has 1 aliphatic heterocycles. The maximum Gasteiger partial charge on any atom is 0.253 e. The summed E-state index contributed by atoms with van der Waals surface area (Å²) in [5.41, 5.74) is 3.05. The van der Waals surface area contributed by atoms with E-state index in [1.54, 1.807) is 0 Å². The van der Waals surface area contributed by atoms with Crippen molar-refractivity contribution in [2.45, 2.75) is 13.5 Å². The van der Waals surface area contributed by atoms with E-state index in [4.69, 9.17) is 11.6 Å². The summed E-state index contributed by atoms with van der Waals surface area (Å²) in [5, 5.41) is 0.811. The normalized spacial score (nSPS) is 15.7. The summed E-state index contributed by atoms with van der Waals surface area (Å²) in [5.74, 6) is 0.131. The quantitative estimate of drug-likeness (QED) is 0.859. The second-order valence-corrected chi connectivity index (χ2v) is 6.44. The summed E-state index contributed by atoms with van der Waals surface area (Å²) in [6, 6.07) is 15.8. The number of carbonyl (C=O) groups is 1. The standard InChI is InChI=1S/C19H21ClN2O/c1-15-5-4-7-16(13-15)19(23)22-11-9-21(10-12-22)14-17-6-2-3-8-18(17)20/h2-8,13H,9-12,14H2,1H3. The molecule has 1 fully saturated rings. The van der Waals surface area contributed by atoms with Gasteiger partial charge in [-0.25, -0.2) is 0 Å². The molecule has 0 saturated carbocycles. The molecule has 1 saturated heterocycles. The van der Waals surface area contributed by atoms with Crippen LogP contribution in [-0.2, 0) is 6.54 Å². The zero-order valence-electron chi connectivity index (χ0n) is 13.3. The Labute approximate surface area is 142 Å². The number of benzene rings is 2. The van der Waals surface area contributed by atoms with Crippen LogP contribution >= 0.6 is 11.6 Å². The minimum Gasteiger partial charge on any atom is -0.336 e. The fourth-order valence-corrected chi connectivity index (χ4v) is 3.13. The molecule has 1 aliphatic rings. The van der Waals surface area contributed by atoms with Gasteiger partial charge in [-0.2, -0.15) is 0 Å². The predicted octanol–water partition coefficient (Wildman–Crippen LogP) is 3.61. The van der Waals surface area contributed by atoms with Crippen LogP contribution in [-0.4, -0.2) is 41.9 Å². The molecule has 0 aliphatic carbocycles. The third kappa shape index (κ3) is 3.92. The lowest BCUT2D eigenvalue weighted by Gasteiger charge is -2.35. The molecule has 2 aromatic carbocycles. The molecular formula is C19H21ClN2O. The first-order valence-corrected chi connectivity index (χ1v) is 8.33.